The Morgan fingerprint density at radius 2 is 2.00 bits per heavy atom. The van der Waals surface area contributed by atoms with E-state index in [2.05, 4.69) is 15.0 Å². The van der Waals surface area contributed by atoms with Crippen LogP contribution in [0, 0.1) is 13.8 Å². The summed E-state index contributed by atoms with van der Waals surface area (Å²) in [6, 6.07) is 3.95. The van der Waals surface area contributed by atoms with E-state index in [1.54, 1.807) is 18.6 Å². The largest absolute Gasteiger partial charge is 0.340 e. The third-order valence-electron chi connectivity index (χ3n) is 5.32. The number of nitrogens with zero attached hydrogens (tertiary/aromatic N) is 6. The van der Waals surface area contributed by atoms with Crippen LogP contribution in [0.2, 0.25) is 0 Å². The van der Waals surface area contributed by atoms with Gasteiger partial charge in [-0.25, -0.2) is 15.0 Å². The smallest absolute Gasteiger partial charge is 0.242 e. The fraction of sp³-hybridized carbons (Fsp3) is 0.381. The molecule has 1 amide bonds. The lowest BCUT2D eigenvalue weighted by molar-refractivity contribution is -0.133. The van der Waals surface area contributed by atoms with E-state index < -0.39 is 0 Å². The van der Waals surface area contributed by atoms with Crippen LogP contribution in [0.3, 0.4) is 0 Å². The first kappa shape index (κ1) is 18.3. The van der Waals surface area contributed by atoms with Crippen molar-refractivity contribution in [2.45, 2.75) is 39.2 Å². The van der Waals surface area contributed by atoms with Crippen LogP contribution in [-0.2, 0) is 11.3 Å². The van der Waals surface area contributed by atoms with E-state index in [9.17, 15) is 4.79 Å². The summed E-state index contributed by atoms with van der Waals surface area (Å²) in [6.07, 6.45) is 11.0. The number of piperidine rings is 1. The van der Waals surface area contributed by atoms with Gasteiger partial charge in [-0.1, -0.05) is 0 Å². The maximum absolute atomic E-state index is 12.9. The minimum absolute atomic E-state index is 0.127. The van der Waals surface area contributed by atoms with Crippen LogP contribution >= 0.6 is 0 Å². The number of rotatable bonds is 4. The average molecular weight is 376 g/mol. The molecular formula is C21H24N6O. The van der Waals surface area contributed by atoms with Crippen molar-refractivity contribution in [3.8, 4) is 11.1 Å². The normalized spacial score (nSPS) is 16.9. The number of hydrogen-bond donors (Lipinski definition) is 0. The zero-order valence-corrected chi connectivity index (χ0v) is 16.2. The number of carbonyl (C=O) groups excluding carboxylic acids is 1. The van der Waals surface area contributed by atoms with Crippen LogP contribution in [-0.4, -0.2) is 48.4 Å². The molecule has 0 saturated carbocycles. The zero-order chi connectivity index (χ0) is 19.5. The van der Waals surface area contributed by atoms with Crippen LogP contribution in [0.4, 0.5) is 0 Å². The van der Waals surface area contributed by atoms with Crippen molar-refractivity contribution < 1.29 is 4.79 Å². The lowest BCUT2D eigenvalue weighted by Gasteiger charge is -2.33. The molecule has 28 heavy (non-hydrogen) atoms. The first-order valence-electron chi connectivity index (χ1n) is 9.61. The SMILES string of the molecule is Cc1ncc(-c2ccncc2)c([C@@H]2CCCN(C(=O)Cn3ccnc3C)C2)n1. The van der Waals surface area contributed by atoms with E-state index in [0.717, 1.165) is 47.9 Å². The van der Waals surface area contributed by atoms with E-state index in [0.29, 0.717) is 13.1 Å². The minimum atomic E-state index is 0.127. The summed E-state index contributed by atoms with van der Waals surface area (Å²) in [5, 5.41) is 0. The first-order chi connectivity index (χ1) is 13.6. The number of amides is 1. The molecule has 0 aromatic carbocycles. The second kappa shape index (κ2) is 7.88. The third kappa shape index (κ3) is 3.78. The van der Waals surface area contributed by atoms with Crippen molar-refractivity contribution in [3.63, 3.8) is 0 Å². The number of pyridine rings is 1. The molecule has 7 heteroatoms. The highest BCUT2D eigenvalue weighted by Crippen LogP contribution is 2.32. The Kier molecular flexibility index (Phi) is 5.14. The molecule has 7 nitrogen and oxygen atoms in total. The van der Waals surface area contributed by atoms with Gasteiger partial charge < -0.3 is 9.47 Å². The Morgan fingerprint density at radius 1 is 1.18 bits per heavy atom. The molecule has 0 aliphatic carbocycles. The quantitative estimate of drug-likeness (QED) is 0.700. The molecule has 0 N–H and O–H groups in total. The predicted octanol–water partition coefficient (Wildman–Crippen LogP) is 2.76. The van der Waals surface area contributed by atoms with E-state index >= 15 is 0 Å². The van der Waals surface area contributed by atoms with Crippen molar-refractivity contribution in [3.05, 3.63) is 60.5 Å². The van der Waals surface area contributed by atoms with Gasteiger partial charge in [0.05, 0.1) is 5.69 Å². The van der Waals surface area contributed by atoms with E-state index in [1.807, 2.05) is 47.8 Å². The van der Waals surface area contributed by atoms with Gasteiger partial charge in [-0.2, -0.15) is 0 Å². The molecule has 3 aromatic heterocycles. The Morgan fingerprint density at radius 3 is 2.75 bits per heavy atom. The first-order valence-corrected chi connectivity index (χ1v) is 9.61. The molecular weight excluding hydrogens is 352 g/mol. The lowest BCUT2D eigenvalue weighted by atomic mass is 9.90. The van der Waals surface area contributed by atoms with Crippen molar-refractivity contribution in [2.24, 2.45) is 0 Å². The molecule has 0 bridgehead atoms. The second-order valence-electron chi connectivity index (χ2n) is 7.23. The summed E-state index contributed by atoms with van der Waals surface area (Å²) in [7, 11) is 0. The van der Waals surface area contributed by atoms with Crippen molar-refractivity contribution in [1.29, 1.82) is 0 Å². The molecule has 0 spiro atoms. The lowest BCUT2D eigenvalue weighted by Crippen LogP contribution is -2.41. The number of imidazole rings is 1. The van der Waals surface area contributed by atoms with E-state index in [4.69, 9.17) is 4.98 Å². The highest BCUT2D eigenvalue weighted by atomic mass is 16.2. The number of aromatic nitrogens is 5. The summed E-state index contributed by atoms with van der Waals surface area (Å²) in [6.45, 7) is 5.63. The van der Waals surface area contributed by atoms with Crippen LogP contribution in [0.25, 0.3) is 11.1 Å². The monoisotopic (exact) mass is 376 g/mol. The van der Waals surface area contributed by atoms with Gasteiger partial charge in [0.1, 0.15) is 18.2 Å². The van der Waals surface area contributed by atoms with Crippen molar-refractivity contribution in [2.75, 3.05) is 13.1 Å². The molecule has 1 aliphatic heterocycles. The van der Waals surface area contributed by atoms with Gasteiger partial charge >= 0.3 is 0 Å². The molecule has 4 rings (SSSR count). The number of aryl methyl sites for hydroxylation is 2. The van der Waals surface area contributed by atoms with Crippen molar-refractivity contribution in [1.82, 2.24) is 29.4 Å². The summed E-state index contributed by atoms with van der Waals surface area (Å²) < 4.78 is 1.89. The molecule has 1 fully saturated rings. The highest BCUT2D eigenvalue weighted by Gasteiger charge is 2.28. The number of likely N-dealkylation sites (tertiary alicyclic amines) is 1. The van der Waals surface area contributed by atoms with Gasteiger partial charge in [0.2, 0.25) is 5.91 Å². The topological polar surface area (TPSA) is 76.8 Å². The molecule has 3 aromatic rings. The molecule has 4 heterocycles. The van der Waals surface area contributed by atoms with E-state index in [-0.39, 0.29) is 11.8 Å². The second-order valence-corrected chi connectivity index (χ2v) is 7.23. The number of hydrogen-bond acceptors (Lipinski definition) is 5. The molecule has 0 radical (unpaired) electrons. The third-order valence-corrected chi connectivity index (χ3v) is 5.32. The Labute approximate surface area is 164 Å². The maximum atomic E-state index is 12.9. The van der Waals surface area contributed by atoms with Crippen LogP contribution < -0.4 is 0 Å². The summed E-state index contributed by atoms with van der Waals surface area (Å²) in [5.74, 6) is 1.94. The molecule has 1 atom stereocenters. The van der Waals surface area contributed by atoms with Gasteiger partial charge in [-0.05, 0) is 44.4 Å². The standard InChI is InChI=1S/C21H24N6O/c1-15-24-12-19(17-5-7-22-8-6-17)21(25-15)18-4-3-10-27(13-18)20(28)14-26-11-9-23-16(26)2/h5-9,11-12,18H,3-4,10,13-14H2,1-2H3/t18-/m1/s1. The van der Waals surface area contributed by atoms with E-state index in [1.165, 1.54) is 0 Å². The molecule has 144 valence electrons. The van der Waals surface area contributed by atoms with Crippen LogP contribution in [0.1, 0.15) is 36.1 Å². The zero-order valence-electron chi connectivity index (χ0n) is 16.2. The molecule has 0 unspecified atom stereocenters. The average Bonchev–Trinajstić information content (AvgIpc) is 3.13. The fourth-order valence-corrected chi connectivity index (χ4v) is 3.80. The van der Waals surface area contributed by atoms with Gasteiger partial charge in [0, 0.05) is 55.6 Å². The summed E-state index contributed by atoms with van der Waals surface area (Å²) >= 11 is 0. The molecule has 1 saturated heterocycles. The predicted molar refractivity (Wildman–Crippen MR) is 106 cm³/mol. The van der Waals surface area contributed by atoms with Crippen LogP contribution in [0.5, 0.6) is 0 Å². The van der Waals surface area contributed by atoms with Gasteiger partial charge in [0.25, 0.3) is 0 Å². The maximum Gasteiger partial charge on any atom is 0.242 e. The van der Waals surface area contributed by atoms with Crippen molar-refractivity contribution >= 4 is 5.91 Å². The van der Waals surface area contributed by atoms with Gasteiger partial charge in [-0.15, -0.1) is 0 Å². The Bertz CT molecular complexity index is 968. The minimum Gasteiger partial charge on any atom is -0.340 e. The summed E-state index contributed by atoms with van der Waals surface area (Å²) in [4.78, 5) is 32.3. The Hall–Kier alpha value is -3.09. The Balaban J connectivity index is 1.57. The highest BCUT2D eigenvalue weighted by molar-refractivity contribution is 5.76. The molecule has 1 aliphatic rings. The van der Waals surface area contributed by atoms with Gasteiger partial charge in [0.15, 0.2) is 0 Å². The fourth-order valence-electron chi connectivity index (χ4n) is 3.80. The number of carbonyl (C=O) groups is 1. The van der Waals surface area contributed by atoms with Gasteiger partial charge in [-0.3, -0.25) is 9.78 Å². The van der Waals surface area contributed by atoms with Crippen LogP contribution in [0.15, 0.2) is 43.1 Å². The summed E-state index contributed by atoms with van der Waals surface area (Å²) in [5.41, 5.74) is 3.11.